The number of hydrogen-bond donors (Lipinski definition) is 8. The highest BCUT2D eigenvalue weighted by atomic mass is 16.4. The quantitative estimate of drug-likeness (QED) is 0.120. The molecule has 186 valence electrons. The Hall–Kier alpha value is -3.75. The predicted octanol–water partition coefficient (Wildman–Crippen LogP) is -2.68. The minimum absolute atomic E-state index is 0.0384. The van der Waals surface area contributed by atoms with Gasteiger partial charge in [-0.3, -0.25) is 28.8 Å². The second-order valence-corrected chi connectivity index (χ2v) is 7.55. The molecule has 0 saturated heterocycles. The van der Waals surface area contributed by atoms with Gasteiger partial charge in [0, 0.05) is 0 Å². The topological polar surface area (TPSA) is 263 Å². The summed E-state index contributed by atoms with van der Waals surface area (Å²) in [6.07, 6.45) is -2.68. The normalized spacial score (nSPS) is 14.3. The fourth-order valence-electron chi connectivity index (χ4n) is 2.57. The van der Waals surface area contributed by atoms with E-state index in [1.807, 2.05) is 10.6 Å². The first-order valence-electron chi connectivity index (χ1n) is 9.68. The third kappa shape index (κ3) is 12.0. The number of nitrogens with two attached hydrogens (primary N) is 1. The van der Waals surface area contributed by atoms with Crippen LogP contribution in [-0.4, -0.2) is 86.2 Å². The van der Waals surface area contributed by atoms with Crippen LogP contribution in [0.4, 0.5) is 0 Å². The van der Waals surface area contributed by atoms with Crippen molar-refractivity contribution in [2.24, 2.45) is 11.7 Å². The van der Waals surface area contributed by atoms with Gasteiger partial charge in [-0.25, -0.2) is 4.79 Å². The molecule has 15 heteroatoms. The Kier molecular flexibility index (Phi) is 12.1. The van der Waals surface area contributed by atoms with Crippen molar-refractivity contribution in [1.82, 2.24) is 16.0 Å². The van der Waals surface area contributed by atoms with Crippen LogP contribution in [0.25, 0.3) is 0 Å². The van der Waals surface area contributed by atoms with Crippen LogP contribution in [0.2, 0.25) is 0 Å². The Labute approximate surface area is 187 Å². The molecular weight excluding hydrogens is 448 g/mol. The highest BCUT2D eigenvalue weighted by Crippen LogP contribution is 2.08. The molecule has 0 rings (SSSR count). The number of carboxylic acids is 4. The lowest BCUT2D eigenvalue weighted by Gasteiger charge is -2.25. The largest absolute Gasteiger partial charge is 0.481 e. The summed E-state index contributed by atoms with van der Waals surface area (Å²) in [5, 5.41) is 41.8. The van der Waals surface area contributed by atoms with Crippen LogP contribution in [-0.2, 0) is 33.6 Å². The zero-order valence-electron chi connectivity index (χ0n) is 17.9. The van der Waals surface area contributed by atoms with Crippen LogP contribution < -0.4 is 21.7 Å². The van der Waals surface area contributed by atoms with Crippen LogP contribution in [0.1, 0.15) is 39.5 Å². The van der Waals surface area contributed by atoms with Crippen molar-refractivity contribution in [3.63, 3.8) is 0 Å². The SMILES string of the molecule is CC(C)C[C@H](NC(=O)[C@H](CC(=O)O)NC(=O)[C@@H](N)CC(=O)O)C(=O)N[C@@H](CC(=O)O)C(=O)O. The average Bonchev–Trinajstić information content (AvgIpc) is 2.64. The molecule has 9 N–H and O–H groups in total. The Bertz CT molecular complexity index is 783. The number of carbonyl (C=O) groups is 7. The number of carbonyl (C=O) groups excluding carboxylic acids is 3. The Balaban J connectivity index is 5.56. The van der Waals surface area contributed by atoms with E-state index in [-0.39, 0.29) is 12.3 Å². The molecular formula is C18H28N4O11. The number of aliphatic carboxylic acids is 4. The second-order valence-electron chi connectivity index (χ2n) is 7.55. The van der Waals surface area contributed by atoms with Gasteiger partial charge in [-0.1, -0.05) is 13.8 Å². The van der Waals surface area contributed by atoms with Crippen molar-refractivity contribution in [2.75, 3.05) is 0 Å². The van der Waals surface area contributed by atoms with Gasteiger partial charge in [0.15, 0.2) is 0 Å². The van der Waals surface area contributed by atoms with Gasteiger partial charge in [0.25, 0.3) is 0 Å². The van der Waals surface area contributed by atoms with E-state index >= 15 is 0 Å². The molecule has 0 unspecified atom stereocenters. The molecule has 33 heavy (non-hydrogen) atoms. The minimum Gasteiger partial charge on any atom is -0.481 e. The van der Waals surface area contributed by atoms with Crippen LogP contribution in [0.15, 0.2) is 0 Å². The first-order chi connectivity index (χ1) is 15.1. The molecule has 0 aliphatic rings. The van der Waals surface area contributed by atoms with E-state index in [4.69, 9.17) is 26.2 Å². The van der Waals surface area contributed by atoms with Crippen molar-refractivity contribution < 1.29 is 54.0 Å². The molecule has 0 aliphatic heterocycles. The summed E-state index contributed by atoms with van der Waals surface area (Å²) in [6.45, 7) is 3.33. The molecule has 3 amide bonds. The average molecular weight is 476 g/mol. The van der Waals surface area contributed by atoms with E-state index in [9.17, 15) is 33.6 Å². The predicted molar refractivity (Wildman–Crippen MR) is 108 cm³/mol. The summed E-state index contributed by atoms with van der Waals surface area (Å²) in [5.41, 5.74) is 5.40. The molecule has 0 aromatic carbocycles. The van der Waals surface area contributed by atoms with Crippen molar-refractivity contribution in [1.29, 1.82) is 0 Å². The lowest BCUT2D eigenvalue weighted by Crippen LogP contribution is -2.58. The van der Waals surface area contributed by atoms with E-state index in [0.29, 0.717) is 0 Å². The molecule has 0 fully saturated rings. The van der Waals surface area contributed by atoms with Gasteiger partial charge in [-0.2, -0.15) is 0 Å². The van der Waals surface area contributed by atoms with Gasteiger partial charge in [0.1, 0.15) is 18.1 Å². The van der Waals surface area contributed by atoms with Crippen LogP contribution in [0.5, 0.6) is 0 Å². The highest BCUT2D eigenvalue weighted by molar-refractivity contribution is 5.96. The number of rotatable bonds is 15. The molecule has 15 nitrogen and oxygen atoms in total. The number of nitrogens with one attached hydrogen (secondary N) is 3. The lowest BCUT2D eigenvalue weighted by atomic mass is 10.0. The number of amides is 3. The number of carboxylic acid groups (broad SMARTS) is 4. The highest BCUT2D eigenvalue weighted by Gasteiger charge is 2.32. The van der Waals surface area contributed by atoms with Gasteiger partial charge in [-0.15, -0.1) is 0 Å². The minimum atomic E-state index is -1.79. The smallest absolute Gasteiger partial charge is 0.326 e. The summed E-state index contributed by atoms with van der Waals surface area (Å²) in [6, 6.07) is -6.49. The molecule has 0 spiro atoms. The zero-order valence-corrected chi connectivity index (χ0v) is 17.9. The molecule has 0 aromatic heterocycles. The summed E-state index contributed by atoms with van der Waals surface area (Å²) >= 11 is 0. The number of hydrogen-bond acceptors (Lipinski definition) is 8. The molecule has 0 aromatic rings. The summed E-state index contributed by atoms with van der Waals surface area (Å²) in [4.78, 5) is 81.0. The monoisotopic (exact) mass is 476 g/mol. The molecule has 0 radical (unpaired) electrons. The Morgan fingerprint density at radius 1 is 0.636 bits per heavy atom. The lowest BCUT2D eigenvalue weighted by molar-refractivity contribution is -0.147. The third-order valence-corrected chi connectivity index (χ3v) is 4.08. The van der Waals surface area contributed by atoms with E-state index in [1.54, 1.807) is 13.8 Å². The van der Waals surface area contributed by atoms with Crippen molar-refractivity contribution in [3.8, 4) is 0 Å². The van der Waals surface area contributed by atoms with Crippen LogP contribution >= 0.6 is 0 Å². The van der Waals surface area contributed by atoms with Gasteiger partial charge >= 0.3 is 23.9 Å². The van der Waals surface area contributed by atoms with Crippen LogP contribution in [0, 0.1) is 5.92 Å². The van der Waals surface area contributed by atoms with E-state index in [1.165, 1.54) is 0 Å². The second kappa shape index (κ2) is 13.6. The maximum absolute atomic E-state index is 12.6. The van der Waals surface area contributed by atoms with E-state index in [2.05, 4.69) is 5.32 Å². The fraction of sp³-hybridized carbons (Fsp3) is 0.611. The van der Waals surface area contributed by atoms with Crippen molar-refractivity contribution in [3.05, 3.63) is 0 Å². The molecule has 0 saturated carbocycles. The first kappa shape index (κ1) is 29.2. The first-order valence-corrected chi connectivity index (χ1v) is 9.68. The van der Waals surface area contributed by atoms with Crippen molar-refractivity contribution in [2.45, 2.75) is 63.7 Å². The molecule has 0 aliphatic carbocycles. The van der Waals surface area contributed by atoms with E-state index < -0.39 is 85.0 Å². The van der Waals surface area contributed by atoms with Crippen molar-refractivity contribution >= 4 is 41.6 Å². The van der Waals surface area contributed by atoms with Crippen LogP contribution in [0.3, 0.4) is 0 Å². The maximum atomic E-state index is 12.6. The Morgan fingerprint density at radius 2 is 1.03 bits per heavy atom. The molecule has 0 heterocycles. The summed E-state index contributed by atoms with van der Waals surface area (Å²) in [7, 11) is 0. The zero-order chi connectivity index (χ0) is 25.9. The van der Waals surface area contributed by atoms with Gasteiger partial charge < -0.3 is 42.1 Å². The maximum Gasteiger partial charge on any atom is 0.326 e. The Morgan fingerprint density at radius 3 is 1.45 bits per heavy atom. The summed E-state index contributed by atoms with van der Waals surface area (Å²) < 4.78 is 0. The molecule has 0 bridgehead atoms. The molecule has 4 atom stereocenters. The third-order valence-electron chi connectivity index (χ3n) is 4.08. The van der Waals surface area contributed by atoms with E-state index in [0.717, 1.165) is 0 Å². The fourth-order valence-corrected chi connectivity index (χ4v) is 2.57. The summed E-state index contributed by atoms with van der Waals surface area (Å²) in [5.74, 6) is -9.51. The van der Waals surface area contributed by atoms with Gasteiger partial charge in [0.2, 0.25) is 17.7 Å². The standard InChI is InChI=1S/C18H28N4O11/c1-7(2)3-9(16(30)22-11(18(32)33)6-14(27)28)21-17(31)10(5-13(25)26)20-15(29)8(19)4-12(23)24/h7-11H,3-6,19H2,1-2H3,(H,20,29)(H,21,31)(H,22,30)(H,23,24)(H,25,26)(H,27,28)(H,32,33)/t8-,9-,10-,11-/m0/s1. The van der Waals surface area contributed by atoms with Gasteiger partial charge in [0.05, 0.1) is 25.3 Å². The van der Waals surface area contributed by atoms with Gasteiger partial charge in [-0.05, 0) is 12.3 Å².